The quantitative estimate of drug-likeness (QED) is 0.396. The summed E-state index contributed by atoms with van der Waals surface area (Å²) >= 11 is 0. The highest BCUT2D eigenvalue weighted by Crippen LogP contribution is 2.25. The first kappa shape index (κ1) is 16.5. The molecular formula is C16H26N2O2. The minimum atomic E-state index is -0.321. The third-order valence-corrected chi connectivity index (χ3v) is 3.37. The zero-order valence-electron chi connectivity index (χ0n) is 12.8. The van der Waals surface area contributed by atoms with Gasteiger partial charge in [0.2, 0.25) is 0 Å². The van der Waals surface area contributed by atoms with Crippen molar-refractivity contribution in [2.45, 2.75) is 52.9 Å². The predicted molar refractivity (Wildman–Crippen MR) is 84.2 cm³/mol. The Morgan fingerprint density at radius 2 is 1.90 bits per heavy atom. The molecule has 0 aromatic heterocycles. The molecule has 0 aliphatic heterocycles. The van der Waals surface area contributed by atoms with Gasteiger partial charge in [0.25, 0.3) is 5.69 Å². The molecule has 20 heavy (non-hydrogen) atoms. The Bertz CT molecular complexity index is 430. The SMILES string of the molecule is Cc1ccc(NCCCCCCC(C)C)c([N+](=O)[O-])c1. The molecule has 4 heteroatoms. The molecule has 0 aliphatic carbocycles. The second-order valence-electron chi connectivity index (χ2n) is 5.80. The highest BCUT2D eigenvalue weighted by molar-refractivity contribution is 5.62. The van der Waals surface area contributed by atoms with Crippen molar-refractivity contribution in [3.05, 3.63) is 33.9 Å². The van der Waals surface area contributed by atoms with E-state index < -0.39 is 0 Å². The van der Waals surface area contributed by atoms with Gasteiger partial charge >= 0.3 is 0 Å². The van der Waals surface area contributed by atoms with E-state index in [2.05, 4.69) is 19.2 Å². The van der Waals surface area contributed by atoms with Crippen molar-refractivity contribution in [3.8, 4) is 0 Å². The fourth-order valence-electron chi connectivity index (χ4n) is 2.20. The largest absolute Gasteiger partial charge is 0.379 e. The van der Waals surface area contributed by atoms with Gasteiger partial charge in [0.1, 0.15) is 5.69 Å². The molecule has 0 saturated heterocycles. The number of nitrogens with zero attached hydrogens (tertiary/aromatic N) is 1. The van der Waals surface area contributed by atoms with Gasteiger partial charge in [-0.15, -0.1) is 0 Å². The lowest BCUT2D eigenvalue weighted by atomic mass is 10.0. The first-order valence-corrected chi connectivity index (χ1v) is 7.49. The van der Waals surface area contributed by atoms with Crippen molar-refractivity contribution in [1.29, 1.82) is 0 Å². The third-order valence-electron chi connectivity index (χ3n) is 3.37. The maximum atomic E-state index is 11.0. The van der Waals surface area contributed by atoms with E-state index in [1.165, 1.54) is 25.7 Å². The van der Waals surface area contributed by atoms with Crippen molar-refractivity contribution >= 4 is 11.4 Å². The van der Waals surface area contributed by atoms with Crippen molar-refractivity contribution in [2.75, 3.05) is 11.9 Å². The minimum Gasteiger partial charge on any atom is -0.379 e. The first-order valence-electron chi connectivity index (χ1n) is 7.49. The van der Waals surface area contributed by atoms with Gasteiger partial charge < -0.3 is 5.32 Å². The van der Waals surface area contributed by atoms with Gasteiger partial charge in [-0.3, -0.25) is 10.1 Å². The van der Waals surface area contributed by atoms with E-state index in [9.17, 15) is 10.1 Å². The summed E-state index contributed by atoms with van der Waals surface area (Å²) < 4.78 is 0. The van der Waals surface area contributed by atoms with E-state index in [0.29, 0.717) is 5.69 Å². The maximum Gasteiger partial charge on any atom is 0.292 e. The number of hydrogen-bond donors (Lipinski definition) is 1. The molecule has 1 N–H and O–H groups in total. The average molecular weight is 278 g/mol. The molecular weight excluding hydrogens is 252 g/mol. The van der Waals surface area contributed by atoms with E-state index in [4.69, 9.17) is 0 Å². The summed E-state index contributed by atoms with van der Waals surface area (Å²) in [6, 6.07) is 5.31. The molecule has 4 nitrogen and oxygen atoms in total. The highest BCUT2D eigenvalue weighted by atomic mass is 16.6. The molecule has 0 aliphatic rings. The number of nitrogens with one attached hydrogen (secondary N) is 1. The number of nitro groups is 1. The molecule has 0 saturated carbocycles. The predicted octanol–water partition coefficient (Wildman–Crippen LogP) is 4.92. The fraction of sp³-hybridized carbons (Fsp3) is 0.625. The third kappa shape index (κ3) is 6.04. The van der Waals surface area contributed by atoms with Crippen LogP contribution in [0.1, 0.15) is 51.5 Å². The van der Waals surface area contributed by atoms with Gasteiger partial charge in [-0.2, -0.15) is 0 Å². The lowest BCUT2D eigenvalue weighted by molar-refractivity contribution is -0.384. The summed E-state index contributed by atoms with van der Waals surface area (Å²) in [6.45, 7) is 7.16. The Hall–Kier alpha value is -1.58. The summed E-state index contributed by atoms with van der Waals surface area (Å²) in [7, 11) is 0. The van der Waals surface area contributed by atoms with Crippen LogP contribution in [0, 0.1) is 23.0 Å². The first-order chi connectivity index (χ1) is 9.50. The molecule has 0 spiro atoms. The number of unbranched alkanes of at least 4 members (excludes halogenated alkanes) is 3. The van der Waals surface area contributed by atoms with Crippen molar-refractivity contribution in [3.63, 3.8) is 0 Å². The Morgan fingerprint density at radius 3 is 2.55 bits per heavy atom. The monoisotopic (exact) mass is 278 g/mol. The highest BCUT2D eigenvalue weighted by Gasteiger charge is 2.12. The molecule has 0 heterocycles. The molecule has 1 aromatic rings. The summed E-state index contributed by atoms with van der Waals surface area (Å²) in [5.41, 5.74) is 1.71. The molecule has 0 unspecified atom stereocenters. The van der Waals surface area contributed by atoms with Crippen LogP contribution in [-0.4, -0.2) is 11.5 Å². The van der Waals surface area contributed by atoms with Crippen LogP contribution in [0.2, 0.25) is 0 Å². The van der Waals surface area contributed by atoms with Gasteiger partial charge in [-0.1, -0.05) is 45.6 Å². The van der Waals surface area contributed by atoms with Gasteiger partial charge in [0.05, 0.1) is 4.92 Å². The average Bonchev–Trinajstić information content (AvgIpc) is 2.38. The maximum absolute atomic E-state index is 11.0. The molecule has 0 fully saturated rings. The lowest BCUT2D eigenvalue weighted by Gasteiger charge is -2.08. The van der Waals surface area contributed by atoms with E-state index in [-0.39, 0.29) is 10.6 Å². The number of anilines is 1. The second kappa shape index (κ2) is 8.56. The minimum absolute atomic E-state index is 0.171. The number of hydrogen-bond acceptors (Lipinski definition) is 3. The number of nitro benzene ring substituents is 1. The number of rotatable bonds is 9. The molecule has 1 rings (SSSR count). The summed E-state index contributed by atoms with van der Waals surface area (Å²) in [5, 5.41) is 14.2. The molecule has 0 amide bonds. The van der Waals surface area contributed by atoms with Gasteiger partial charge in [0.15, 0.2) is 0 Å². The summed E-state index contributed by atoms with van der Waals surface area (Å²) in [4.78, 5) is 10.7. The van der Waals surface area contributed by atoms with E-state index in [1.807, 2.05) is 13.0 Å². The smallest absolute Gasteiger partial charge is 0.292 e. The fourth-order valence-corrected chi connectivity index (χ4v) is 2.20. The van der Waals surface area contributed by atoms with Crippen LogP contribution in [0.15, 0.2) is 18.2 Å². The zero-order valence-corrected chi connectivity index (χ0v) is 12.8. The van der Waals surface area contributed by atoms with Crippen LogP contribution in [0.4, 0.5) is 11.4 Å². The summed E-state index contributed by atoms with van der Waals surface area (Å²) in [5.74, 6) is 0.781. The second-order valence-corrected chi connectivity index (χ2v) is 5.80. The van der Waals surface area contributed by atoms with Crippen molar-refractivity contribution in [1.82, 2.24) is 0 Å². The molecule has 1 aromatic carbocycles. The molecule has 0 bridgehead atoms. The van der Waals surface area contributed by atoms with Crippen LogP contribution < -0.4 is 5.32 Å². The van der Waals surface area contributed by atoms with Gasteiger partial charge in [0, 0.05) is 12.6 Å². The van der Waals surface area contributed by atoms with Gasteiger partial charge in [-0.05, 0) is 30.9 Å². The standard InChI is InChI=1S/C16H26N2O2/c1-13(2)8-6-4-5-7-11-17-15-10-9-14(3)12-16(15)18(19)20/h9-10,12-13,17H,4-8,11H2,1-3H3. The van der Waals surface area contributed by atoms with Crippen LogP contribution in [-0.2, 0) is 0 Å². The Morgan fingerprint density at radius 1 is 1.20 bits per heavy atom. The molecule has 112 valence electrons. The van der Waals surface area contributed by atoms with E-state index in [0.717, 1.165) is 24.4 Å². The van der Waals surface area contributed by atoms with E-state index in [1.54, 1.807) is 12.1 Å². The molecule has 0 radical (unpaired) electrons. The normalized spacial score (nSPS) is 10.8. The van der Waals surface area contributed by atoms with E-state index >= 15 is 0 Å². The van der Waals surface area contributed by atoms with Crippen LogP contribution in [0.5, 0.6) is 0 Å². The lowest BCUT2D eigenvalue weighted by Crippen LogP contribution is -2.04. The Kier molecular flexibility index (Phi) is 7.05. The van der Waals surface area contributed by atoms with Crippen molar-refractivity contribution in [2.24, 2.45) is 5.92 Å². The van der Waals surface area contributed by atoms with Gasteiger partial charge in [-0.25, -0.2) is 0 Å². The molecule has 0 atom stereocenters. The summed E-state index contributed by atoms with van der Waals surface area (Å²) in [6.07, 6.45) is 6.05. The Balaban J connectivity index is 2.30. The van der Waals surface area contributed by atoms with Crippen LogP contribution in [0.25, 0.3) is 0 Å². The van der Waals surface area contributed by atoms with Crippen LogP contribution >= 0.6 is 0 Å². The Labute approximate surface area is 121 Å². The van der Waals surface area contributed by atoms with Crippen LogP contribution in [0.3, 0.4) is 0 Å². The number of benzene rings is 1. The topological polar surface area (TPSA) is 55.2 Å². The zero-order chi connectivity index (χ0) is 15.0. The van der Waals surface area contributed by atoms with Crippen molar-refractivity contribution < 1.29 is 4.92 Å². The number of aryl methyl sites for hydroxylation is 1.